The lowest BCUT2D eigenvalue weighted by molar-refractivity contribution is 0.0523. The van der Waals surface area contributed by atoms with E-state index in [1.165, 1.54) is 53.7 Å². The molecule has 0 aliphatic carbocycles. The minimum absolute atomic E-state index is 0.0920. The van der Waals surface area contributed by atoms with E-state index < -0.39 is 0 Å². The second-order valence-electron chi connectivity index (χ2n) is 8.63. The molecule has 2 aliphatic rings. The maximum atomic E-state index is 6.56. The highest BCUT2D eigenvalue weighted by molar-refractivity contribution is 5.53. The van der Waals surface area contributed by atoms with Gasteiger partial charge in [0.2, 0.25) is 0 Å². The first-order chi connectivity index (χ1) is 12.5. The summed E-state index contributed by atoms with van der Waals surface area (Å²) in [4.78, 5) is 2.61. The zero-order valence-corrected chi connectivity index (χ0v) is 16.6. The molecule has 0 aromatic heterocycles. The summed E-state index contributed by atoms with van der Waals surface area (Å²) in [6, 6.07) is 13.3. The van der Waals surface area contributed by atoms with Gasteiger partial charge in [0.25, 0.3) is 0 Å². The minimum Gasteiger partial charge on any atom is -0.485 e. The first-order valence-electron chi connectivity index (χ1n) is 10.0. The van der Waals surface area contributed by atoms with E-state index in [-0.39, 0.29) is 5.60 Å². The molecule has 1 atom stereocenters. The van der Waals surface area contributed by atoms with Gasteiger partial charge in [-0.2, -0.15) is 0 Å². The van der Waals surface area contributed by atoms with Gasteiger partial charge in [-0.25, -0.2) is 0 Å². The molecular weight excluding hydrogens is 318 g/mol. The number of likely N-dealkylation sites (tertiary alicyclic amines) is 1. The molecule has 138 valence electrons. The third-order valence-electron chi connectivity index (χ3n) is 6.43. The van der Waals surface area contributed by atoms with Crippen molar-refractivity contribution in [2.75, 3.05) is 19.6 Å². The number of hydrogen-bond acceptors (Lipinski definition) is 2. The van der Waals surface area contributed by atoms with Crippen LogP contribution < -0.4 is 4.74 Å². The quantitative estimate of drug-likeness (QED) is 0.756. The van der Waals surface area contributed by atoms with Crippen molar-refractivity contribution in [2.24, 2.45) is 0 Å². The fourth-order valence-electron chi connectivity index (χ4n) is 4.83. The van der Waals surface area contributed by atoms with E-state index in [0.717, 1.165) is 18.7 Å². The smallest absolute Gasteiger partial charge is 0.126 e. The molecule has 4 rings (SSSR count). The summed E-state index contributed by atoms with van der Waals surface area (Å²) >= 11 is 0. The number of hydrogen-bond donors (Lipinski definition) is 0. The molecule has 26 heavy (non-hydrogen) atoms. The van der Waals surface area contributed by atoms with Crippen LogP contribution in [0.1, 0.15) is 53.5 Å². The van der Waals surface area contributed by atoms with Crippen molar-refractivity contribution in [3.05, 3.63) is 64.2 Å². The third-order valence-corrected chi connectivity index (χ3v) is 6.43. The van der Waals surface area contributed by atoms with Crippen LogP contribution in [0.4, 0.5) is 0 Å². The predicted octanol–water partition coefficient (Wildman–Crippen LogP) is 5.19. The normalized spacial score (nSPS) is 23.7. The molecule has 0 unspecified atom stereocenters. The summed E-state index contributed by atoms with van der Waals surface area (Å²) in [5.74, 6) is 1.87. The van der Waals surface area contributed by atoms with Gasteiger partial charge in [0.05, 0.1) is 0 Å². The SMILES string of the molecule is Cc1cc(C)c2c(c1C)O[C@](C)(CN1CCC(c3ccccc3)CC1)C2. The molecule has 2 aliphatic heterocycles. The number of fused-ring (bicyclic) bond motifs is 1. The highest BCUT2D eigenvalue weighted by Gasteiger charge is 2.39. The largest absolute Gasteiger partial charge is 0.485 e. The van der Waals surface area contributed by atoms with Crippen LogP contribution in [0.15, 0.2) is 36.4 Å². The minimum atomic E-state index is -0.0920. The van der Waals surface area contributed by atoms with E-state index in [2.05, 4.69) is 69.0 Å². The Morgan fingerprint density at radius 1 is 1.04 bits per heavy atom. The standard InChI is InChI=1S/C24H31NO/c1-17-14-18(2)22-15-24(4,26-23(22)19(17)3)16-25-12-10-21(11-13-25)20-8-6-5-7-9-20/h5-9,14,21H,10-13,15-16H2,1-4H3/t24-/m0/s1. The first-order valence-corrected chi connectivity index (χ1v) is 10.0. The van der Waals surface area contributed by atoms with Gasteiger partial charge in [0.15, 0.2) is 0 Å². The van der Waals surface area contributed by atoms with Crippen LogP contribution >= 0.6 is 0 Å². The van der Waals surface area contributed by atoms with Crippen LogP contribution in [0.3, 0.4) is 0 Å². The van der Waals surface area contributed by atoms with Crippen molar-refractivity contribution in [2.45, 2.75) is 58.5 Å². The average Bonchev–Trinajstić information content (AvgIpc) is 2.99. The fourth-order valence-corrected chi connectivity index (χ4v) is 4.83. The van der Waals surface area contributed by atoms with Crippen molar-refractivity contribution in [1.29, 1.82) is 0 Å². The summed E-state index contributed by atoms with van der Waals surface area (Å²) in [7, 11) is 0. The van der Waals surface area contributed by atoms with Crippen LogP contribution in [0, 0.1) is 20.8 Å². The van der Waals surface area contributed by atoms with Gasteiger partial charge in [0, 0.05) is 18.5 Å². The zero-order chi connectivity index (χ0) is 18.3. The molecule has 2 nitrogen and oxygen atoms in total. The maximum absolute atomic E-state index is 6.56. The number of piperidine rings is 1. The van der Waals surface area contributed by atoms with E-state index in [4.69, 9.17) is 4.74 Å². The average molecular weight is 350 g/mol. The van der Waals surface area contributed by atoms with Crippen molar-refractivity contribution >= 4 is 0 Å². The van der Waals surface area contributed by atoms with Gasteiger partial charge in [-0.3, -0.25) is 4.90 Å². The maximum Gasteiger partial charge on any atom is 0.126 e. The lowest BCUT2D eigenvalue weighted by Gasteiger charge is -2.37. The monoisotopic (exact) mass is 349 g/mol. The van der Waals surface area contributed by atoms with Crippen LogP contribution in [-0.2, 0) is 6.42 Å². The first kappa shape index (κ1) is 17.6. The Hall–Kier alpha value is -1.80. The van der Waals surface area contributed by atoms with Crippen LogP contribution in [0.5, 0.6) is 5.75 Å². The molecule has 2 aromatic rings. The number of ether oxygens (including phenoxy) is 1. The Labute approximate surface area is 158 Å². The van der Waals surface area contributed by atoms with Gasteiger partial charge < -0.3 is 4.74 Å². The molecule has 0 N–H and O–H groups in total. The summed E-state index contributed by atoms with van der Waals surface area (Å²) in [6.45, 7) is 12.3. The zero-order valence-electron chi connectivity index (χ0n) is 16.6. The summed E-state index contributed by atoms with van der Waals surface area (Å²) in [5.41, 5.74) is 6.88. The Balaban J connectivity index is 1.41. The van der Waals surface area contributed by atoms with E-state index in [0.29, 0.717) is 5.92 Å². The highest BCUT2D eigenvalue weighted by Crippen LogP contribution is 2.41. The molecule has 0 radical (unpaired) electrons. The second kappa shape index (κ2) is 6.74. The molecule has 0 spiro atoms. The van der Waals surface area contributed by atoms with Gasteiger partial charge >= 0.3 is 0 Å². The van der Waals surface area contributed by atoms with Gasteiger partial charge in [-0.1, -0.05) is 36.4 Å². The molecule has 2 aromatic carbocycles. The summed E-state index contributed by atoms with van der Waals surface area (Å²) in [6.07, 6.45) is 3.54. The van der Waals surface area contributed by atoms with Crippen LogP contribution in [0.2, 0.25) is 0 Å². The van der Waals surface area contributed by atoms with E-state index in [9.17, 15) is 0 Å². The lowest BCUT2D eigenvalue weighted by Crippen LogP contribution is -2.47. The molecule has 0 amide bonds. The Bertz CT molecular complexity index is 790. The number of rotatable bonds is 3. The van der Waals surface area contributed by atoms with Crippen LogP contribution in [-0.4, -0.2) is 30.1 Å². The Morgan fingerprint density at radius 2 is 1.73 bits per heavy atom. The molecule has 0 saturated carbocycles. The summed E-state index contributed by atoms with van der Waals surface area (Å²) < 4.78 is 6.56. The summed E-state index contributed by atoms with van der Waals surface area (Å²) in [5, 5.41) is 0. The van der Waals surface area contributed by atoms with E-state index in [1.807, 2.05) is 0 Å². The van der Waals surface area contributed by atoms with Gasteiger partial charge in [0.1, 0.15) is 11.4 Å². The molecule has 0 bridgehead atoms. The van der Waals surface area contributed by atoms with Gasteiger partial charge in [-0.15, -0.1) is 0 Å². The number of nitrogens with zero attached hydrogens (tertiary/aromatic N) is 1. The molecule has 1 fully saturated rings. The van der Waals surface area contributed by atoms with E-state index >= 15 is 0 Å². The van der Waals surface area contributed by atoms with Crippen molar-refractivity contribution < 1.29 is 4.74 Å². The molecule has 2 heterocycles. The number of aryl methyl sites for hydroxylation is 2. The molecule has 1 saturated heterocycles. The van der Waals surface area contributed by atoms with E-state index in [1.54, 1.807) is 0 Å². The molecule has 2 heteroatoms. The Morgan fingerprint density at radius 3 is 2.42 bits per heavy atom. The van der Waals surface area contributed by atoms with Crippen molar-refractivity contribution in [3.63, 3.8) is 0 Å². The fraction of sp³-hybridized carbons (Fsp3) is 0.500. The van der Waals surface area contributed by atoms with Gasteiger partial charge in [-0.05, 0) is 81.8 Å². The van der Waals surface area contributed by atoms with Crippen molar-refractivity contribution in [1.82, 2.24) is 4.90 Å². The van der Waals surface area contributed by atoms with Crippen LogP contribution in [0.25, 0.3) is 0 Å². The Kier molecular flexibility index (Phi) is 4.56. The third kappa shape index (κ3) is 3.27. The van der Waals surface area contributed by atoms with Crippen molar-refractivity contribution in [3.8, 4) is 5.75 Å². The number of benzene rings is 2. The highest BCUT2D eigenvalue weighted by atomic mass is 16.5. The molecular formula is C24H31NO. The second-order valence-corrected chi connectivity index (χ2v) is 8.63. The predicted molar refractivity (Wildman–Crippen MR) is 108 cm³/mol. The lowest BCUT2D eigenvalue weighted by atomic mass is 9.88. The topological polar surface area (TPSA) is 12.5 Å².